The number of carbonyl (C=O) groups excluding carboxylic acids is 3. The molecule has 2 aromatic rings. The standard InChI is InChI=1S/C21H17BrN2O6/c1-11-5-12(2)7-14(6-11)24-20(28)15(19(27)23-21(24)29)8-13-3-4-17(16(22)9-13)30-10-18(25)26/h3-9H,10H2,1-2H3,(H,25,26)(H,23,27,29)/b15-8+. The predicted molar refractivity (Wildman–Crippen MR) is 112 cm³/mol. The molecule has 4 amide bonds. The summed E-state index contributed by atoms with van der Waals surface area (Å²) >= 11 is 3.27. The van der Waals surface area contributed by atoms with Gasteiger partial charge in [-0.1, -0.05) is 12.1 Å². The summed E-state index contributed by atoms with van der Waals surface area (Å²) in [6.07, 6.45) is 1.35. The van der Waals surface area contributed by atoms with E-state index in [1.54, 1.807) is 24.3 Å². The number of hydrogen-bond donors (Lipinski definition) is 2. The van der Waals surface area contributed by atoms with Gasteiger partial charge in [-0.15, -0.1) is 0 Å². The van der Waals surface area contributed by atoms with E-state index in [9.17, 15) is 19.2 Å². The molecule has 1 fully saturated rings. The SMILES string of the molecule is Cc1cc(C)cc(N2C(=O)NC(=O)/C(=C\c3ccc(OCC(=O)O)c(Br)c3)C2=O)c1. The number of barbiturate groups is 1. The van der Waals surface area contributed by atoms with Crippen LogP contribution in [0.25, 0.3) is 6.08 Å². The molecular weight excluding hydrogens is 456 g/mol. The number of nitrogens with zero attached hydrogens (tertiary/aromatic N) is 1. The van der Waals surface area contributed by atoms with Crippen LogP contribution < -0.4 is 15.0 Å². The molecule has 0 bridgehead atoms. The first kappa shape index (κ1) is 21.3. The summed E-state index contributed by atoms with van der Waals surface area (Å²) in [7, 11) is 0. The Labute approximate surface area is 180 Å². The van der Waals surface area contributed by atoms with Crippen molar-refractivity contribution in [3.8, 4) is 5.75 Å². The van der Waals surface area contributed by atoms with E-state index in [1.807, 2.05) is 19.9 Å². The molecule has 2 N–H and O–H groups in total. The molecule has 0 atom stereocenters. The number of halogens is 1. The highest BCUT2D eigenvalue weighted by Gasteiger charge is 2.37. The minimum atomic E-state index is -1.12. The summed E-state index contributed by atoms with van der Waals surface area (Å²) in [5.74, 6) is -2.36. The summed E-state index contributed by atoms with van der Waals surface area (Å²) in [4.78, 5) is 49.2. The van der Waals surface area contributed by atoms with Crippen LogP contribution in [0.1, 0.15) is 16.7 Å². The second kappa shape index (κ2) is 8.50. The molecule has 8 nitrogen and oxygen atoms in total. The third kappa shape index (κ3) is 4.57. The Morgan fingerprint density at radius 3 is 2.40 bits per heavy atom. The molecule has 0 saturated carbocycles. The summed E-state index contributed by atoms with van der Waals surface area (Å²) in [5.41, 5.74) is 2.38. The monoisotopic (exact) mass is 472 g/mol. The van der Waals surface area contributed by atoms with Crippen molar-refractivity contribution in [3.63, 3.8) is 0 Å². The Bertz CT molecular complexity index is 1090. The number of amides is 4. The van der Waals surface area contributed by atoms with E-state index in [1.165, 1.54) is 12.1 Å². The smallest absolute Gasteiger partial charge is 0.341 e. The fourth-order valence-corrected chi connectivity index (χ4v) is 3.51. The van der Waals surface area contributed by atoms with E-state index in [0.717, 1.165) is 16.0 Å². The number of benzene rings is 2. The topological polar surface area (TPSA) is 113 Å². The molecular formula is C21H17BrN2O6. The lowest BCUT2D eigenvalue weighted by atomic mass is 10.1. The molecule has 0 unspecified atom stereocenters. The van der Waals surface area contributed by atoms with Crippen LogP contribution in [-0.2, 0) is 14.4 Å². The van der Waals surface area contributed by atoms with E-state index in [2.05, 4.69) is 21.2 Å². The second-order valence-electron chi connectivity index (χ2n) is 6.68. The van der Waals surface area contributed by atoms with Gasteiger partial charge in [0.05, 0.1) is 10.2 Å². The molecule has 30 heavy (non-hydrogen) atoms. The Balaban J connectivity index is 1.94. The van der Waals surface area contributed by atoms with E-state index >= 15 is 0 Å². The average molecular weight is 473 g/mol. The second-order valence-corrected chi connectivity index (χ2v) is 7.53. The number of nitrogens with one attached hydrogen (secondary N) is 1. The fraction of sp³-hybridized carbons (Fsp3) is 0.143. The maximum absolute atomic E-state index is 13.0. The Morgan fingerprint density at radius 1 is 1.13 bits per heavy atom. The number of aliphatic carboxylic acids is 1. The maximum Gasteiger partial charge on any atom is 0.341 e. The zero-order valence-corrected chi connectivity index (χ0v) is 17.6. The number of ether oxygens (including phenoxy) is 1. The largest absolute Gasteiger partial charge is 0.481 e. The minimum absolute atomic E-state index is 0.208. The van der Waals surface area contributed by atoms with Crippen LogP contribution in [0.4, 0.5) is 10.5 Å². The van der Waals surface area contributed by atoms with Crippen molar-refractivity contribution in [2.24, 2.45) is 0 Å². The van der Waals surface area contributed by atoms with Gasteiger partial charge in [0.2, 0.25) is 0 Å². The number of carboxylic acids is 1. The number of aryl methyl sites for hydroxylation is 2. The summed E-state index contributed by atoms with van der Waals surface area (Å²) in [6, 6.07) is 9.10. The van der Waals surface area contributed by atoms with Crippen LogP contribution >= 0.6 is 15.9 Å². The van der Waals surface area contributed by atoms with E-state index < -0.39 is 30.4 Å². The molecule has 3 rings (SSSR count). The van der Waals surface area contributed by atoms with E-state index in [4.69, 9.17) is 9.84 Å². The third-order valence-electron chi connectivity index (χ3n) is 4.18. The van der Waals surface area contributed by atoms with Crippen LogP contribution in [0.2, 0.25) is 0 Å². The van der Waals surface area contributed by atoms with Crippen molar-refractivity contribution in [2.45, 2.75) is 13.8 Å². The van der Waals surface area contributed by atoms with Gasteiger partial charge in [0.15, 0.2) is 6.61 Å². The van der Waals surface area contributed by atoms with Crippen LogP contribution in [0.5, 0.6) is 5.75 Å². The molecule has 0 radical (unpaired) electrons. The highest BCUT2D eigenvalue weighted by molar-refractivity contribution is 9.10. The first-order valence-electron chi connectivity index (χ1n) is 8.79. The molecule has 1 aliphatic heterocycles. The predicted octanol–water partition coefficient (Wildman–Crippen LogP) is 3.20. The van der Waals surface area contributed by atoms with Crippen molar-refractivity contribution in [1.29, 1.82) is 0 Å². The lowest BCUT2D eigenvalue weighted by molar-refractivity contribution is -0.139. The minimum Gasteiger partial charge on any atom is -0.481 e. The lowest BCUT2D eigenvalue weighted by Gasteiger charge is -2.27. The van der Waals surface area contributed by atoms with Crippen LogP contribution in [0.15, 0.2) is 46.4 Å². The fourth-order valence-electron chi connectivity index (χ4n) is 3.00. The third-order valence-corrected chi connectivity index (χ3v) is 4.80. The van der Waals surface area contributed by atoms with Gasteiger partial charge in [0, 0.05) is 0 Å². The molecule has 0 aliphatic carbocycles. The Hall–Kier alpha value is -3.46. The van der Waals surface area contributed by atoms with Gasteiger partial charge in [-0.05, 0) is 76.8 Å². The van der Waals surface area contributed by atoms with Crippen molar-refractivity contribution < 1.29 is 29.0 Å². The van der Waals surface area contributed by atoms with Gasteiger partial charge in [0.1, 0.15) is 11.3 Å². The molecule has 9 heteroatoms. The highest BCUT2D eigenvalue weighted by atomic mass is 79.9. The molecule has 154 valence electrons. The molecule has 2 aromatic carbocycles. The zero-order valence-electron chi connectivity index (χ0n) is 16.1. The molecule has 1 aliphatic rings. The number of urea groups is 1. The summed E-state index contributed by atoms with van der Waals surface area (Å²) < 4.78 is 5.58. The van der Waals surface area contributed by atoms with Crippen molar-refractivity contribution in [3.05, 3.63) is 63.1 Å². The van der Waals surface area contributed by atoms with Gasteiger partial charge < -0.3 is 9.84 Å². The molecule has 1 heterocycles. The van der Waals surface area contributed by atoms with Gasteiger partial charge in [0.25, 0.3) is 11.8 Å². The number of carbonyl (C=O) groups is 4. The van der Waals surface area contributed by atoms with Crippen LogP contribution in [0.3, 0.4) is 0 Å². The van der Waals surface area contributed by atoms with Crippen molar-refractivity contribution >= 4 is 51.5 Å². The Kier molecular flexibility index (Phi) is 6.02. The highest BCUT2D eigenvalue weighted by Crippen LogP contribution is 2.28. The normalized spacial score (nSPS) is 15.4. The van der Waals surface area contributed by atoms with E-state index in [-0.39, 0.29) is 5.57 Å². The Morgan fingerprint density at radius 2 is 1.80 bits per heavy atom. The molecule has 1 saturated heterocycles. The van der Waals surface area contributed by atoms with Gasteiger partial charge >= 0.3 is 12.0 Å². The number of imide groups is 2. The van der Waals surface area contributed by atoms with Crippen LogP contribution in [0, 0.1) is 13.8 Å². The maximum atomic E-state index is 13.0. The van der Waals surface area contributed by atoms with Gasteiger partial charge in [-0.2, -0.15) is 0 Å². The zero-order chi connectivity index (χ0) is 22.0. The number of carboxylic acid groups (broad SMARTS) is 1. The quantitative estimate of drug-likeness (QED) is 0.510. The molecule has 0 spiro atoms. The summed E-state index contributed by atoms with van der Waals surface area (Å²) in [6.45, 7) is 3.18. The average Bonchev–Trinajstić information content (AvgIpc) is 2.63. The summed E-state index contributed by atoms with van der Waals surface area (Å²) in [5, 5.41) is 10.9. The first-order chi connectivity index (χ1) is 14.2. The van der Waals surface area contributed by atoms with Gasteiger partial charge in [-0.3, -0.25) is 14.9 Å². The van der Waals surface area contributed by atoms with Crippen molar-refractivity contribution in [2.75, 3.05) is 11.5 Å². The van der Waals surface area contributed by atoms with Crippen molar-refractivity contribution in [1.82, 2.24) is 5.32 Å². The van der Waals surface area contributed by atoms with E-state index in [0.29, 0.717) is 21.5 Å². The first-order valence-corrected chi connectivity index (χ1v) is 9.59. The number of hydrogen-bond acceptors (Lipinski definition) is 5. The number of anilines is 1. The van der Waals surface area contributed by atoms with Gasteiger partial charge in [-0.25, -0.2) is 14.5 Å². The van der Waals surface area contributed by atoms with Crippen LogP contribution in [-0.4, -0.2) is 35.5 Å². The number of rotatable bonds is 5. The molecule has 0 aromatic heterocycles. The lowest BCUT2D eigenvalue weighted by Crippen LogP contribution is -2.54.